The molecule has 3 aliphatic heterocycles. The smallest absolute Gasteiger partial charge is 0.303 e. The Hall–Kier alpha value is -7.27. The molecule has 16 nitrogen and oxygen atoms in total. The van der Waals surface area contributed by atoms with Gasteiger partial charge in [0, 0.05) is 79.7 Å². The zero-order chi connectivity index (χ0) is 52.9. The summed E-state index contributed by atoms with van der Waals surface area (Å²) in [7, 11) is 4.69. The summed E-state index contributed by atoms with van der Waals surface area (Å²) >= 11 is 1.63. The molecule has 0 saturated heterocycles. The van der Waals surface area contributed by atoms with E-state index in [-0.39, 0.29) is 36.6 Å². The summed E-state index contributed by atoms with van der Waals surface area (Å²) < 4.78 is 41.6. The van der Waals surface area contributed by atoms with Crippen LogP contribution in [0.15, 0.2) is 115 Å². The Kier molecular flexibility index (Phi) is 18.2. The first-order valence-corrected chi connectivity index (χ1v) is 26.0. The first-order valence-electron chi connectivity index (χ1n) is 25.0. The molecule has 1 unspecified atom stereocenters. The van der Waals surface area contributed by atoms with Crippen molar-refractivity contribution in [3.63, 3.8) is 0 Å². The van der Waals surface area contributed by atoms with E-state index in [9.17, 15) is 19.5 Å². The molecule has 5 aromatic rings. The molecular weight excluding hydrogens is 975 g/mol. The van der Waals surface area contributed by atoms with Crippen molar-refractivity contribution in [3.05, 3.63) is 138 Å². The van der Waals surface area contributed by atoms with E-state index in [1.54, 1.807) is 49.1 Å². The number of rotatable bonds is 27. The Balaban J connectivity index is 1.14. The van der Waals surface area contributed by atoms with E-state index in [2.05, 4.69) is 47.2 Å². The second-order valence-corrected chi connectivity index (χ2v) is 20.1. The van der Waals surface area contributed by atoms with Crippen LogP contribution in [-0.4, -0.2) is 126 Å². The molecule has 3 aliphatic rings. The minimum absolute atomic E-state index is 0.0507. The van der Waals surface area contributed by atoms with Crippen LogP contribution in [0.5, 0.6) is 28.7 Å². The molecule has 2 atom stereocenters. The molecule has 0 spiro atoms. The number of benzene rings is 5. The van der Waals surface area contributed by atoms with Crippen molar-refractivity contribution < 1.29 is 52.6 Å². The van der Waals surface area contributed by atoms with Gasteiger partial charge in [-0.2, -0.15) is 0 Å². The molecule has 2 N–H and O–H groups in total. The number of carbonyl (C=O) groups excluding carboxylic acids is 2. The normalized spacial score (nSPS) is 15.0. The van der Waals surface area contributed by atoms with E-state index in [4.69, 9.17) is 33.2 Å². The maximum absolute atomic E-state index is 14.3. The maximum atomic E-state index is 14.3. The minimum Gasteiger partial charge on any atom is -0.493 e. The molecule has 3 heterocycles. The molecule has 0 radical (unpaired) electrons. The Morgan fingerprint density at radius 3 is 2.39 bits per heavy atom. The Bertz CT molecular complexity index is 2930. The number of ether oxygens (including phenoxy) is 7. The third-order valence-corrected chi connectivity index (χ3v) is 14.8. The number of thioether (sulfide) groups is 1. The zero-order valence-electron chi connectivity index (χ0n) is 43.1. The van der Waals surface area contributed by atoms with Gasteiger partial charge in [-0.3, -0.25) is 14.4 Å². The fourth-order valence-electron chi connectivity index (χ4n) is 9.52. The van der Waals surface area contributed by atoms with Crippen LogP contribution in [0.3, 0.4) is 0 Å². The van der Waals surface area contributed by atoms with Gasteiger partial charge in [0.05, 0.1) is 75.8 Å². The Morgan fingerprint density at radius 1 is 0.907 bits per heavy atom. The number of hydrogen-bond acceptors (Lipinski definition) is 14. The van der Waals surface area contributed by atoms with Crippen LogP contribution >= 0.6 is 11.8 Å². The van der Waals surface area contributed by atoms with Gasteiger partial charge >= 0.3 is 5.97 Å². The number of carboxylic acids is 1. The van der Waals surface area contributed by atoms with Gasteiger partial charge in [-0.1, -0.05) is 42.5 Å². The number of nitrogens with zero attached hydrogens (tertiary/aromatic N) is 4. The second-order valence-electron chi connectivity index (χ2n) is 18.4. The number of aliphatic carboxylic acids is 1. The number of amides is 2. The van der Waals surface area contributed by atoms with Crippen LogP contribution in [0.4, 0.5) is 28.4 Å². The van der Waals surface area contributed by atoms with Gasteiger partial charge < -0.3 is 58.3 Å². The highest BCUT2D eigenvalue weighted by Crippen LogP contribution is 2.43. The number of anilines is 4. The number of carboxylic acid groups (broad SMARTS) is 1. The number of hydrogen-bond donors (Lipinski definition) is 2. The topological polar surface area (TPSA) is 170 Å². The van der Waals surface area contributed by atoms with Gasteiger partial charge in [-0.25, -0.2) is 4.99 Å². The fraction of sp³-hybridized carbons (Fsp3) is 0.362. The number of para-hydroxylation sites is 2. The molecule has 0 saturated carbocycles. The van der Waals surface area contributed by atoms with Gasteiger partial charge in [0.2, 0.25) is 0 Å². The number of methoxy groups -OCH3 is 3. The lowest BCUT2D eigenvalue weighted by Crippen LogP contribution is -2.39. The van der Waals surface area contributed by atoms with Crippen molar-refractivity contribution in [2.45, 2.75) is 50.0 Å². The van der Waals surface area contributed by atoms with Crippen LogP contribution in [0, 0.1) is 0 Å². The van der Waals surface area contributed by atoms with Gasteiger partial charge in [0.1, 0.15) is 12.4 Å². The van der Waals surface area contributed by atoms with Crippen molar-refractivity contribution >= 4 is 63.9 Å². The van der Waals surface area contributed by atoms with Crippen molar-refractivity contribution in [2.75, 3.05) is 106 Å². The van der Waals surface area contributed by atoms with E-state index in [0.29, 0.717) is 117 Å². The summed E-state index contributed by atoms with van der Waals surface area (Å²) in [4.78, 5) is 50.2. The average molecular weight is 1040 g/mol. The molecule has 8 rings (SSSR count). The fourth-order valence-corrected chi connectivity index (χ4v) is 10.6. The highest BCUT2D eigenvalue weighted by atomic mass is 32.2. The molecule has 5 aromatic carbocycles. The SMILES string of the molecule is C=C=Nc1cc(Oc2cc(COc3cc4c(cc3OC)C(=O)N3c5ccccc5C[C@H]3CN4)cc(N(CCOCCOCCOC)CC(C)(C=C)SCCCC(=O)O)c2)c(OC)cc1C(=O)N1CCc2ccccc21. The monoisotopic (exact) mass is 1040 g/mol. The highest BCUT2D eigenvalue weighted by Gasteiger charge is 2.38. The molecule has 0 aromatic heterocycles. The number of aliphatic imine (C=N–C) groups is 1. The van der Waals surface area contributed by atoms with E-state index in [1.807, 2.05) is 77.7 Å². The first kappa shape index (κ1) is 54.0. The summed E-state index contributed by atoms with van der Waals surface area (Å²) in [6, 6.07) is 28.4. The second kappa shape index (κ2) is 25.3. The third-order valence-electron chi connectivity index (χ3n) is 13.3. The highest BCUT2D eigenvalue weighted by molar-refractivity contribution is 8.00. The lowest BCUT2D eigenvalue weighted by molar-refractivity contribution is -0.137. The standard InChI is InChI=1S/C58H65N5O11S/c1-7-58(3,75-27-13-18-55(64)65)38-61(21-22-71-25-26-72-24-23-68-4)42-28-39(37-73-53-34-48-46(33-51(53)69-5)57(67)63-43(36-60-48)30-41-15-10-12-17-50(41)63)29-44(31-42)74-54-35-47(59-8-2)45(32-52(54)70-6)56(66)62-20-19-40-14-9-11-16-49(40)62/h7,9-12,14-17,28-29,31-35,43,60H,1-2,13,18-27,30,36-38H2,3-6H3,(H,64,65)/t43-,58?/m0/s1. The molecule has 17 heteroatoms. The van der Waals surface area contributed by atoms with Crippen molar-refractivity contribution in [3.8, 4) is 28.7 Å². The third kappa shape index (κ3) is 13.0. The quantitative estimate of drug-likeness (QED) is 0.0289. The Morgan fingerprint density at radius 2 is 1.64 bits per heavy atom. The summed E-state index contributed by atoms with van der Waals surface area (Å²) in [5.74, 6) is 3.83. The van der Waals surface area contributed by atoms with Gasteiger partial charge in [0.25, 0.3) is 11.8 Å². The average Bonchev–Trinajstić information content (AvgIpc) is 4.00. The largest absolute Gasteiger partial charge is 0.493 e. The minimum atomic E-state index is -0.842. The summed E-state index contributed by atoms with van der Waals surface area (Å²) in [6.45, 7) is 14.1. The predicted molar refractivity (Wildman–Crippen MR) is 294 cm³/mol. The van der Waals surface area contributed by atoms with E-state index in [0.717, 1.165) is 46.6 Å². The van der Waals surface area contributed by atoms with Gasteiger partial charge in [-0.15, -0.1) is 18.3 Å². The molecular formula is C58H65N5O11S. The van der Waals surface area contributed by atoms with Crippen LogP contribution in [0.2, 0.25) is 0 Å². The molecule has 75 heavy (non-hydrogen) atoms. The summed E-state index contributed by atoms with van der Waals surface area (Å²) in [6.07, 6.45) is 3.93. The molecule has 0 fully saturated rings. The van der Waals surface area contributed by atoms with Crippen LogP contribution in [-0.2, 0) is 38.5 Å². The summed E-state index contributed by atoms with van der Waals surface area (Å²) in [5, 5.41) is 12.9. The van der Waals surface area contributed by atoms with Crippen LogP contribution < -0.4 is 39.0 Å². The zero-order valence-corrected chi connectivity index (χ0v) is 43.9. The van der Waals surface area contributed by atoms with Crippen LogP contribution in [0.1, 0.15) is 57.2 Å². The van der Waals surface area contributed by atoms with Crippen molar-refractivity contribution in [1.82, 2.24) is 0 Å². The molecule has 394 valence electrons. The van der Waals surface area contributed by atoms with E-state index >= 15 is 0 Å². The molecule has 0 bridgehead atoms. The van der Waals surface area contributed by atoms with E-state index < -0.39 is 10.7 Å². The van der Waals surface area contributed by atoms with Gasteiger partial charge in [0.15, 0.2) is 23.0 Å². The maximum Gasteiger partial charge on any atom is 0.303 e. The summed E-state index contributed by atoms with van der Waals surface area (Å²) in [5.41, 5.74) is 7.18. The lowest BCUT2D eigenvalue weighted by atomic mass is 10.1. The molecule has 2 amide bonds. The lowest BCUT2D eigenvalue weighted by Gasteiger charge is -2.35. The molecule has 0 aliphatic carbocycles. The Labute approximate surface area is 442 Å². The number of nitrogens with one attached hydrogen (secondary N) is 1. The van der Waals surface area contributed by atoms with Crippen LogP contribution in [0.25, 0.3) is 0 Å². The first-order chi connectivity index (χ1) is 36.5. The predicted octanol–water partition coefficient (Wildman–Crippen LogP) is 9.79. The number of fused-ring (bicyclic) bond motifs is 5. The number of carbonyl (C=O) groups is 3. The van der Waals surface area contributed by atoms with Gasteiger partial charge in [-0.05, 0) is 97.5 Å². The van der Waals surface area contributed by atoms with Crippen molar-refractivity contribution in [1.29, 1.82) is 0 Å². The van der Waals surface area contributed by atoms with E-state index in [1.165, 1.54) is 7.11 Å². The van der Waals surface area contributed by atoms with Crippen molar-refractivity contribution in [2.24, 2.45) is 4.99 Å².